The van der Waals surface area contributed by atoms with Crippen molar-refractivity contribution >= 4 is 21.5 Å². The van der Waals surface area contributed by atoms with E-state index in [1.54, 1.807) is 0 Å². The van der Waals surface area contributed by atoms with Crippen LogP contribution in [0.3, 0.4) is 0 Å². The summed E-state index contributed by atoms with van der Waals surface area (Å²) in [6.07, 6.45) is 1.11. The van der Waals surface area contributed by atoms with Crippen molar-refractivity contribution in [2.75, 3.05) is 20.6 Å². The molecule has 1 radical (unpaired) electrons. The Morgan fingerprint density at radius 2 is 1.57 bits per heavy atom. The van der Waals surface area contributed by atoms with E-state index in [0.717, 1.165) is 13.0 Å². The van der Waals surface area contributed by atoms with Gasteiger partial charge in [0, 0.05) is 0 Å². The van der Waals surface area contributed by atoms with E-state index in [1.165, 1.54) is 27.1 Å². The minimum absolute atomic E-state index is 0. The van der Waals surface area contributed by atoms with Crippen molar-refractivity contribution in [1.29, 1.82) is 0 Å². The van der Waals surface area contributed by atoms with Crippen LogP contribution in [0.4, 0.5) is 0 Å². The summed E-state index contributed by atoms with van der Waals surface area (Å²) in [5, 5.41) is 5.53. The molecule has 3 aromatic rings. The molecular formula is C17H18Cl2NTi. The first-order chi connectivity index (χ1) is 8.75. The van der Waals surface area contributed by atoms with Crippen LogP contribution in [0, 0.1) is 0 Å². The minimum Gasteiger partial charge on any atom is -1.00 e. The van der Waals surface area contributed by atoms with Gasteiger partial charge in [-0.1, -0.05) is 36.4 Å². The smallest absolute Gasteiger partial charge is 1.00 e. The van der Waals surface area contributed by atoms with Crippen LogP contribution in [-0.2, 0) is 28.1 Å². The van der Waals surface area contributed by atoms with E-state index in [2.05, 4.69) is 67.5 Å². The van der Waals surface area contributed by atoms with E-state index in [4.69, 9.17) is 0 Å². The van der Waals surface area contributed by atoms with Crippen molar-refractivity contribution in [2.45, 2.75) is 6.42 Å². The van der Waals surface area contributed by atoms with Gasteiger partial charge in [-0.05, 0) is 27.1 Å². The van der Waals surface area contributed by atoms with Crippen LogP contribution < -0.4 is 24.8 Å². The minimum atomic E-state index is 0. The molecule has 0 aliphatic heterocycles. The van der Waals surface area contributed by atoms with E-state index < -0.39 is 0 Å². The number of fused-ring (bicyclic) bond motifs is 3. The molecular weight excluding hydrogens is 337 g/mol. The van der Waals surface area contributed by atoms with Gasteiger partial charge >= 0.3 is 21.7 Å². The molecule has 0 unspecified atom stereocenters. The Kier molecular flexibility index (Phi) is 8.69. The predicted molar refractivity (Wildman–Crippen MR) is 79.3 cm³/mol. The Bertz CT molecular complexity index is 691. The van der Waals surface area contributed by atoms with Gasteiger partial charge in [-0.15, -0.1) is 39.2 Å². The Morgan fingerprint density at radius 3 is 2.29 bits per heavy atom. The number of rotatable bonds is 3. The fraction of sp³-hybridized carbons (Fsp3) is 0.235. The second kappa shape index (κ2) is 8.87. The Balaban J connectivity index is 0.00000133. The van der Waals surface area contributed by atoms with Gasteiger partial charge in [-0.3, -0.25) is 0 Å². The summed E-state index contributed by atoms with van der Waals surface area (Å²) in [5.41, 5.74) is 1.46. The maximum Gasteiger partial charge on any atom is 3.00 e. The first-order valence-corrected chi connectivity index (χ1v) is 6.46. The SMILES string of the molecule is CN(C)CCc1cccc2c1[cH-]c1ccccc12.[Cl-].[Cl-].[Ti+3]. The first kappa shape index (κ1) is 20.6. The Hall–Kier alpha value is -0.436. The van der Waals surface area contributed by atoms with Gasteiger partial charge < -0.3 is 29.7 Å². The number of hydrogen-bond donors (Lipinski definition) is 0. The van der Waals surface area contributed by atoms with Gasteiger partial charge in [0.2, 0.25) is 0 Å². The van der Waals surface area contributed by atoms with E-state index in [0.29, 0.717) is 0 Å². The van der Waals surface area contributed by atoms with Gasteiger partial charge in [0.05, 0.1) is 0 Å². The van der Waals surface area contributed by atoms with Crippen LogP contribution in [0.5, 0.6) is 0 Å². The number of hydrogen-bond acceptors (Lipinski definition) is 1. The van der Waals surface area contributed by atoms with Gasteiger partial charge in [0.15, 0.2) is 0 Å². The van der Waals surface area contributed by atoms with Crippen molar-refractivity contribution in [3.63, 3.8) is 0 Å². The summed E-state index contributed by atoms with van der Waals surface area (Å²) in [6, 6.07) is 17.6. The molecule has 0 saturated carbocycles. The molecule has 3 rings (SSSR count). The van der Waals surface area contributed by atoms with Gasteiger partial charge in [0.1, 0.15) is 0 Å². The van der Waals surface area contributed by atoms with Crippen molar-refractivity contribution < 1.29 is 46.5 Å². The second-order valence-corrected chi connectivity index (χ2v) is 5.16. The predicted octanol–water partition coefficient (Wildman–Crippen LogP) is -2.18. The first-order valence-electron chi connectivity index (χ1n) is 6.46. The Labute approximate surface area is 153 Å². The normalized spacial score (nSPS) is 10.0. The quantitative estimate of drug-likeness (QED) is 0.382. The van der Waals surface area contributed by atoms with Gasteiger partial charge in [0.25, 0.3) is 0 Å². The monoisotopic (exact) mass is 354 g/mol. The van der Waals surface area contributed by atoms with Gasteiger partial charge in [-0.2, -0.15) is 0 Å². The largest absolute Gasteiger partial charge is 3.00 e. The summed E-state index contributed by atoms with van der Waals surface area (Å²) < 4.78 is 0. The molecule has 21 heavy (non-hydrogen) atoms. The van der Waals surface area contributed by atoms with Crippen LogP contribution >= 0.6 is 0 Å². The van der Waals surface area contributed by atoms with Crippen LogP contribution in [0.25, 0.3) is 21.5 Å². The van der Waals surface area contributed by atoms with Crippen LogP contribution in [0.1, 0.15) is 5.56 Å². The summed E-state index contributed by atoms with van der Waals surface area (Å²) in [5.74, 6) is 0. The van der Waals surface area contributed by atoms with Crippen molar-refractivity contribution in [3.8, 4) is 0 Å². The standard InChI is InChI=1S/C17H18N.2ClH.Ti/c1-18(2)11-10-13-7-5-9-16-15-8-4-3-6-14(15)12-17(13)16;;;/h3-9,12H,10-11H2,1-2H3;2*1H;/q-1;;;+3/p-2. The molecule has 0 bridgehead atoms. The molecule has 0 spiro atoms. The zero-order valence-electron chi connectivity index (χ0n) is 12.2. The summed E-state index contributed by atoms with van der Waals surface area (Å²) in [4.78, 5) is 2.24. The molecule has 0 heterocycles. The zero-order valence-corrected chi connectivity index (χ0v) is 15.3. The third kappa shape index (κ3) is 4.28. The molecule has 0 aliphatic rings. The molecule has 3 aromatic carbocycles. The second-order valence-electron chi connectivity index (χ2n) is 5.16. The van der Waals surface area contributed by atoms with Crippen molar-refractivity contribution in [2.24, 2.45) is 0 Å². The average molecular weight is 355 g/mol. The molecule has 0 aliphatic carbocycles. The van der Waals surface area contributed by atoms with E-state index in [1.807, 2.05) is 0 Å². The Morgan fingerprint density at radius 1 is 0.905 bits per heavy atom. The molecule has 0 aromatic heterocycles. The number of halogens is 2. The van der Waals surface area contributed by atoms with E-state index in [-0.39, 0.29) is 46.5 Å². The van der Waals surface area contributed by atoms with Crippen LogP contribution in [0.2, 0.25) is 0 Å². The molecule has 0 N–H and O–H groups in total. The van der Waals surface area contributed by atoms with Crippen molar-refractivity contribution in [3.05, 3.63) is 54.1 Å². The molecule has 1 nitrogen and oxygen atoms in total. The molecule has 109 valence electrons. The molecule has 0 saturated heterocycles. The third-order valence-electron chi connectivity index (χ3n) is 3.58. The van der Waals surface area contributed by atoms with Crippen molar-refractivity contribution in [1.82, 2.24) is 4.90 Å². The fourth-order valence-electron chi connectivity index (χ4n) is 2.60. The maximum atomic E-state index is 2.33. The summed E-state index contributed by atoms with van der Waals surface area (Å²) in [7, 11) is 4.25. The third-order valence-corrected chi connectivity index (χ3v) is 3.58. The zero-order chi connectivity index (χ0) is 12.5. The van der Waals surface area contributed by atoms with Crippen LogP contribution in [0.15, 0.2) is 48.5 Å². The topological polar surface area (TPSA) is 3.24 Å². The van der Waals surface area contributed by atoms with E-state index in [9.17, 15) is 0 Å². The van der Waals surface area contributed by atoms with Crippen LogP contribution in [-0.4, -0.2) is 25.5 Å². The number of benzene rings is 2. The maximum absolute atomic E-state index is 2.33. The molecule has 0 fully saturated rings. The summed E-state index contributed by atoms with van der Waals surface area (Å²) >= 11 is 0. The molecule has 0 amide bonds. The molecule has 4 heteroatoms. The molecule has 0 atom stereocenters. The number of likely N-dealkylation sites (N-methyl/N-ethyl adjacent to an activating group) is 1. The number of nitrogens with zero attached hydrogens (tertiary/aromatic N) is 1. The van der Waals surface area contributed by atoms with Gasteiger partial charge in [-0.25, -0.2) is 0 Å². The average Bonchev–Trinajstić information content (AvgIpc) is 2.75. The fourth-order valence-corrected chi connectivity index (χ4v) is 2.60. The van der Waals surface area contributed by atoms with E-state index >= 15 is 0 Å². The summed E-state index contributed by atoms with van der Waals surface area (Å²) in [6.45, 7) is 1.10.